The molecule has 0 N–H and O–H groups in total. The van der Waals surface area contributed by atoms with Crippen LogP contribution >= 0.6 is 22.5 Å². The second kappa shape index (κ2) is 9.44. The van der Waals surface area contributed by atoms with Crippen LogP contribution in [0.5, 0.6) is 0 Å². The molecule has 0 atom stereocenters. The third kappa shape index (κ3) is 8.44. The Labute approximate surface area is 73.3 Å². The fourth-order valence-electron chi connectivity index (χ4n) is 0.800. The van der Waals surface area contributed by atoms with Crippen LogP contribution in [0.4, 0.5) is 0 Å². The van der Waals surface area contributed by atoms with Gasteiger partial charge in [0.2, 0.25) is 0 Å². The van der Waals surface area contributed by atoms with Crippen LogP contribution in [0, 0.1) is 0 Å². The lowest BCUT2D eigenvalue weighted by Crippen LogP contribution is -1.72. The Hall–Kier alpha value is 0.440. The molecule has 0 heterocycles. The quantitative estimate of drug-likeness (QED) is 0.362. The zero-order chi connectivity index (χ0) is 7.66. The Morgan fingerprint density at radius 2 is 2.10 bits per heavy atom. The molecular weight excluding hydrogens is 160 g/mol. The molecule has 2 heteroatoms. The van der Waals surface area contributed by atoms with Crippen molar-refractivity contribution < 1.29 is 0 Å². The summed E-state index contributed by atoms with van der Waals surface area (Å²) >= 11 is 3.99. The molecule has 0 fully saturated rings. The summed E-state index contributed by atoms with van der Waals surface area (Å²) in [7, 11) is 1.48. The van der Waals surface area contributed by atoms with Crippen LogP contribution in [0.25, 0.3) is 0 Å². The van der Waals surface area contributed by atoms with E-state index in [0.717, 1.165) is 0 Å². The normalized spacial score (nSPS) is 11.0. The van der Waals surface area contributed by atoms with Crippen molar-refractivity contribution in [2.24, 2.45) is 0 Å². The third-order valence-corrected chi connectivity index (χ3v) is 2.06. The van der Waals surface area contributed by atoms with Crippen LogP contribution in [0.15, 0.2) is 11.5 Å². The predicted molar refractivity (Wildman–Crippen MR) is 54.5 cm³/mol. The van der Waals surface area contributed by atoms with Crippen molar-refractivity contribution in [3.63, 3.8) is 0 Å². The maximum atomic E-state index is 3.99. The van der Waals surface area contributed by atoms with Gasteiger partial charge in [-0.05, 0) is 18.2 Å². The number of allylic oxidation sites excluding steroid dienone is 1. The average Bonchev–Trinajstić information content (AvgIpc) is 1.97. The highest BCUT2D eigenvalue weighted by atomic mass is 33.1. The first-order valence-corrected chi connectivity index (χ1v) is 5.80. The van der Waals surface area contributed by atoms with Gasteiger partial charge in [-0.15, -0.1) is 11.7 Å². The van der Waals surface area contributed by atoms with Gasteiger partial charge in [0.15, 0.2) is 0 Å². The SMILES string of the molecule is CCCCCCC=CSS. The maximum absolute atomic E-state index is 3.99. The van der Waals surface area contributed by atoms with Crippen molar-refractivity contribution in [2.75, 3.05) is 0 Å². The van der Waals surface area contributed by atoms with E-state index in [1.165, 1.54) is 42.9 Å². The van der Waals surface area contributed by atoms with Crippen LogP contribution in [0.1, 0.15) is 39.0 Å². The van der Waals surface area contributed by atoms with E-state index >= 15 is 0 Å². The van der Waals surface area contributed by atoms with Crippen LogP contribution in [0.3, 0.4) is 0 Å². The standard InChI is InChI=1S/C8H16S2/c1-2-3-4-5-6-7-8-10-9/h7-9H,2-6H2,1H3. The summed E-state index contributed by atoms with van der Waals surface area (Å²) in [6.07, 6.45) is 8.81. The van der Waals surface area contributed by atoms with Crippen molar-refractivity contribution in [3.8, 4) is 0 Å². The van der Waals surface area contributed by atoms with Crippen LogP contribution in [-0.2, 0) is 0 Å². The minimum atomic E-state index is 1.22. The van der Waals surface area contributed by atoms with Gasteiger partial charge < -0.3 is 0 Å². The number of thiol groups is 1. The zero-order valence-electron chi connectivity index (χ0n) is 6.55. The van der Waals surface area contributed by atoms with Crippen LogP contribution < -0.4 is 0 Å². The zero-order valence-corrected chi connectivity index (χ0v) is 8.26. The largest absolute Gasteiger partial charge is 0.107 e. The highest BCUT2D eigenvalue weighted by Crippen LogP contribution is 2.08. The summed E-state index contributed by atoms with van der Waals surface area (Å²) in [6.45, 7) is 2.24. The molecule has 0 aliphatic carbocycles. The Balaban J connectivity index is 2.83. The van der Waals surface area contributed by atoms with E-state index in [-0.39, 0.29) is 0 Å². The van der Waals surface area contributed by atoms with Gasteiger partial charge in [-0.3, -0.25) is 0 Å². The maximum Gasteiger partial charge on any atom is -0.0224 e. The Morgan fingerprint density at radius 1 is 1.30 bits per heavy atom. The van der Waals surface area contributed by atoms with Crippen molar-refractivity contribution >= 4 is 22.5 Å². The molecule has 0 bridgehead atoms. The van der Waals surface area contributed by atoms with E-state index in [1.54, 1.807) is 0 Å². The predicted octanol–water partition coefficient (Wildman–Crippen LogP) is 4.05. The van der Waals surface area contributed by atoms with Crippen molar-refractivity contribution in [2.45, 2.75) is 39.0 Å². The van der Waals surface area contributed by atoms with E-state index in [1.807, 2.05) is 5.41 Å². The molecule has 0 spiro atoms. The van der Waals surface area contributed by atoms with E-state index in [9.17, 15) is 0 Å². The summed E-state index contributed by atoms with van der Waals surface area (Å²) in [5, 5.41) is 2.04. The third-order valence-electron chi connectivity index (χ3n) is 1.38. The van der Waals surface area contributed by atoms with Gasteiger partial charge in [0.05, 0.1) is 0 Å². The molecule has 10 heavy (non-hydrogen) atoms. The first-order chi connectivity index (χ1) is 4.91. The molecule has 0 rings (SSSR count). The highest BCUT2D eigenvalue weighted by molar-refractivity contribution is 8.69. The van der Waals surface area contributed by atoms with Gasteiger partial charge in [-0.1, -0.05) is 43.1 Å². The molecule has 0 aromatic rings. The van der Waals surface area contributed by atoms with Gasteiger partial charge in [0.1, 0.15) is 0 Å². The molecule has 0 saturated carbocycles. The number of hydrogen-bond donors (Lipinski definition) is 1. The lowest BCUT2D eigenvalue weighted by molar-refractivity contribution is 0.675. The molecule has 60 valence electrons. The van der Waals surface area contributed by atoms with E-state index in [2.05, 4.69) is 24.7 Å². The fraction of sp³-hybridized carbons (Fsp3) is 0.750. The summed E-state index contributed by atoms with van der Waals surface area (Å²) in [5.74, 6) is 0. The first-order valence-electron chi connectivity index (χ1n) is 3.87. The van der Waals surface area contributed by atoms with Crippen molar-refractivity contribution in [3.05, 3.63) is 11.5 Å². The molecule has 0 aromatic carbocycles. The molecular formula is C8H16S2. The topological polar surface area (TPSA) is 0 Å². The highest BCUT2D eigenvalue weighted by Gasteiger charge is 1.83. The van der Waals surface area contributed by atoms with Gasteiger partial charge in [0.25, 0.3) is 0 Å². The molecule has 0 aromatic heterocycles. The summed E-state index contributed by atoms with van der Waals surface area (Å²) in [6, 6.07) is 0. The second-order valence-corrected chi connectivity index (χ2v) is 3.44. The average molecular weight is 176 g/mol. The van der Waals surface area contributed by atoms with Crippen molar-refractivity contribution in [1.29, 1.82) is 0 Å². The Kier molecular flexibility index (Phi) is 9.86. The molecule has 0 amide bonds. The van der Waals surface area contributed by atoms with Gasteiger partial charge in [-0.2, -0.15) is 0 Å². The van der Waals surface area contributed by atoms with E-state index in [4.69, 9.17) is 0 Å². The Morgan fingerprint density at radius 3 is 2.70 bits per heavy atom. The Bertz CT molecular complexity index is 79.3. The summed E-state index contributed by atoms with van der Waals surface area (Å²) in [4.78, 5) is 0. The summed E-state index contributed by atoms with van der Waals surface area (Å²) < 4.78 is 0. The smallest absolute Gasteiger partial charge is 0.0224 e. The lowest BCUT2D eigenvalue weighted by atomic mass is 10.2. The van der Waals surface area contributed by atoms with Crippen LogP contribution in [0.2, 0.25) is 0 Å². The molecule has 0 aliphatic rings. The molecule has 0 unspecified atom stereocenters. The van der Waals surface area contributed by atoms with Crippen LogP contribution in [-0.4, -0.2) is 0 Å². The number of rotatable bonds is 6. The van der Waals surface area contributed by atoms with E-state index in [0.29, 0.717) is 0 Å². The molecule has 0 saturated heterocycles. The second-order valence-electron chi connectivity index (χ2n) is 2.33. The number of hydrogen-bond acceptors (Lipinski definition) is 2. The lowest BCUT2D eigenvalue weighted by Gasteiger charge is -1.92. The molecule has 0 radical (unpaired) electrons. The van der Waals surface area contributed by atoms with E-state index < -0.39 is 0 Å². The van der Waals surface area contributed by atoms with Gasteiger partial charge in [0, 0.05) is 0 Å². The monoisotopic (exact) mass is 176 g/mol. The van der Waals surface area contributed by atoms with Gasteiger partial charge in [-0.25, -0.2) is 0 Å². The van der Waals surface area contributed by atoms with Gasteiger partial charge >= 0.3 is 0 Å². The molecule has 0 aliphatic heterocycles. The minimum absolute atomic E-state index is 1.22. The van der Waals surface area contributed by atoms with Crippen molar-refractivity contribution in [1.82, 2.24) is 0 Å². The number of unbranched alkanes of at least 4 members (excludes halogenated alkanes) is 4. The first kappa shape index (κ1) is 10.4. The molecule has 0 nitrogen and oxygen atoms in total. The minimum Gasteiger partial charge on any atom is -0.107 e. The summed E-state index contributed by atoms with van der Waals surface area (Å²) in [5.41, 5.74) is 0. The fourth-order valence-corrected chi connectivity index (χ4v) is 1.28.